The van der Waals surface area contributed by atoms with Gasteiger partial charge in [-0.3, -0.25) is 0 Å². The van der Waals surface area contributed by atoms with E-state index < -0.39 is 0 Å². The lowest BCUT2D eigenvalue weighted by atomic mass is 10.0. The summed E-state index contributed by atoms with van der Waals surface area (Å²) in [7, 11) is 1.68. The molecule has 0 bridgehead atoms. The molecule has 178 valence electrons. The monoisotopic (exact) mass is 516 g/mol. The second-order valence-corrected chi connectivity index (χ2v) is 10.6. The number of hydrogen-bond acceptors (Lipinski definition) is 6. The highest BCUT2D eigenvalue weighted by Gasteiger charge is 2.19. The Labute approximate surface area is 221 Å². The number of aromatic amines is 1. The molecule has 0 fully saturated rings. The van der Waals surface area contributed by atoms with Gasteiger partial charge in [-0.05, 0) is 66.2 Å². The Hall–Kier alpha value is -4.33. The lowest BCUT2D eigenvalue weighted by Gasteiger charge is -2.09. The molecule has 0 saturated heterocycles. The fourth-order valence-electron chi connectivity index (χ4n) is 4.45. The summed E-state index contributed by atoms with van der Waals surface area (Å²) in [5, 5.41) is 1.88. The summed E-state index contributed by atoms with van der Waals surface area (Å²) in [6.07, 6.45) is 4.12. The summed E-state index contributed by atoms with van der Waals surface area (Å²) >= 11 is 3.35. The fourth-order valence-corrected chi connectivity index (χ4v) is 6.34. The first-order valence-corrected chi connectivity index (χ1v) is 13.5. The standard InChI is InChI=1S/C30H20N4OS2/c1-35-19-12-10-18(11-13-19)28(22-14-16-24(31-22)29-33-20-6-2-4-8-26(20)36-29)23-15-17-25(32-23)30-34-21-7-3-5-9-27(21)37-30/h2-17,31H,1H3/b28-23+. The maximum absolute atomic E-state index is 5.40. The molecule has 0 spiro atoms. The van der Waals surface area contributed by atoms with Gasteiger partial charge in [0, 0.05) is 11.3 Å². The molecule has 0 unspecified atom stereocenters. The maximum Gasteiger partial charge on any atom is 0.143 e. The van der Waals surface area contributed by atoms with Gasteiger partial charge < -0.3 is 9.72 Å². The number of thiazole rings is 2. The number of ether oxygens (including phenoxy) is 1. The number of benzene rings is 3. The zero-order valence-corrected chi connectivity index (χ0v) is 21.4. The molecule has 37 heavy (non-hydrogen) atoms. The van der Waals surface area contributed by atoms with Crippen LogP contribution < -0.4 is 4.74 Å². The van der Waals surface area contributed by atoms with Gasteiger partial charge in [-0.2, -0.15) is 0 Å². The van der Waals surface area contributed by atoms with Crippen LogP contribution in [-0.2, 0) is 0 Å². The molecule has 1 aliphatic rings. The van der Waals surface area contributed by atoms with Gasteiger partial charge in [0.1, 0.15) is 15.8 Å². The van der Waals surface area contributed by atoms with E-state index in [1.54, 1.807) is 29.8 Å². The van der Waals surface area contributed by atoms with Crippen molar-refractivity contribution < 1.29 is 4.74 Å². The van der Waals surface area contributed by atoms with Crippen LogP contribution in [0.25, 0.3) is 36.7 Å². The van der Waals surface area contributed by atoms with Crippen molar-refractivity contribution in [2.75, 3.05) is 7.11 Å². The van der Waals surface area contributed by atoms with Gasteiger partial charge >= 0.3 is 0 Å². The van der Waals surface area contributed by atoms with Gasteiger partial charge in [-0.15, -0.1) is 22.7 Å². The minimum atomic E-state index is 0.815. The average Bonchev–Trinajstić information content (AvgIpc) is 3.74. The Morgan fingerprint density at radius 2 is 1.41 bits per heavy atom. The van der Waals surface area contributed by atoms with Crippen molar-refractivity contribution in [2.45, 2.75) is 0 Å². The molecule has 0 radical (unpaired) electrons. The molecular weight excluding hydrogens is 496 g/mol. The normalized spacial score (nSPS) is 14.5. The highest BCUT2D eigenvalue weighted by atomic mass is 32.1. The van der Waals surface area contributed by atoms with E-state index in [-0.39, 0.29) is 0 Å². The number of nitrogens with zero attached hydrogens (tertiary/aromatic N) is 3. The highest BCUT2D eigenvalue weighted by molar-refractivity contribution is 7.21. The molecule has 4 heterocycles. The van der Waals surface area contributed by atoms with Gasteiger partial charge in [0.15, 0.2) is 0 Å². The molecular formula is C30H20N4OS2. The number of aromatic nitrogens is 3. The van der Waals surface area contributed by atoms with Crippen molar-refractivity contribution in [1.82, 2.24) is 15.0 Å². The minimum absolute atomic E-state index is 0.815. The summed E-state index contributed by atoms with van der Waals surface area (Å²) < 4.78 is 7.73. The molecule has 5 nitrogen and oxygen atoms in total. The number of rotatable bonds is 5. The largest absolute Gasteiger partial charge is 0.497 e. The van der Waals surface area contributed by atoms with Gasteiger partial charge in [-0.25, -0.2) is 15.0 Å². The molecule has 7 heteroatoms. The number of allylic oxidation sites excluding steroid dienone is 2. The van der Waals surface area contributed by atoms with Crippen molar-refractivity contribution >= 4 is 54.4 Å². The first-order valence-electron chi connectivity index (χ1n) is 11.8. The summed E-state index contributed by atoms with van der Waals surface area (Å²) in [5.41, 5.74) is 7.80. The van der Waals surface area contributed by atoms with Crippen molar-refractivity contribution in [2.24, 2.45) is 4.99 Å². The summed E-state index contributed by atoms with van der Waals surface area (Å²) in [5.74, 6) is 0.815. The van der Waals surface area contributed by atoms with Crippen molar-refractivity contribution in [1.29, 1.82) is 0 Å². The number of nitrogens with one attached hydrogen (secondary N) is 1. The number of methoxy groups -OCH3 is 1. The molecule has 1 N–H and O–H groups in total. The molecule has 0 aliphatic carbocycles. The first-order chi connectivity index (χ1) is 18.2. The van der Waals surface area contributed by atoms with Gasteiger partial charge in [0.25, 0.3) is 0 Å². The van der Waals surface area contributed by atoms with E-state index in [0.29, 0.717) is 0 Å². The Kier molecular flexibility index (Phi) is 5.30. The summed E-state index contributed by atoms with van der Waals surface area (Å²) in [4.78, 5) is 18.3. The number of aliphatic imine (C=N–C) groups is 1. The lowest BCUT2D eigenvalue weighted by molar-refractivity contribution is 0.415. The predicted molar refractivity (Wildman–Crippen MR) is 154 cm³/mol. The van der Waals surface area contributed by atoms with E-state index in [0.717, 1.165) is 65.4 Å². The fraction of sp³-hybridized carbons (Fsp3) is 0.0333. The number of fused-ring (bicyclic) bond motifs is 2. The van der Waals surface area contributed by atoms with Crippen LogP contribution in [0.4, 0.5) is 0 Å². The minimum Gasteiger partial charge on any atom is -0.497 e. The molecule has 0 amide bonds. The molecule has 0 saturated carbocycles. The van der Waals surface area contributed by atoms with Crippen LogP contribution in [0.3, 0.4) is 0 Å². The molecule has 1 aliphatic heterocycles. The van der Waals surface area contributed by atoms with Crippen LogP contribution in [0, 0.1) is 0 Å². The quantitative estimate of drug-likeness (QED) is 0.255. The summed E-state index contributed by atoms with van der Waals surface area (Å²) in [6.45, 7) is 0. The van der Waals surface area contributed by atoms with E-state index >= 15 is 0 Å². The first kappa shape index (κ1) is 21.9. The smallest absolute Gasteiger partial charge is 0.143 e. The van der Waals surface area contributed by atoms with E-state index in [9.17, 15) is 0 Å². The third-order valence-corrected chi connectivity index (χ3v) is 8.40. The van der Waals surface area contributed by atoms with Crippen molar-refractivity contribution in [3.05, 3.63) is 119 Å². The molecule has 3 aromatic carbocycles. The number of hydrogen-bond donors (Lipinski definition) is 1. The van der Waals surface area contributed by atoms with Crippen LogP contribution in [0.5, 0.6) is 5.75 Å². The predicted octanol–water partition coefficient (Wildman–Crippen LogP) is 7.73. The molecule has 3 aromatic heterocycles. The third kappa shape index (κ3) is 3.98. The van der Waals surface area contributed by atoms with Crippen LogP contribution in [0.15, 0.2) is 108 Å². The van der Waals surface area contributed by atoms with Gasteiger partial charge in [-0.1, -0.05) is 36.4 Å². The molecule has 0 atom stereocenters. The van der Waals surface area contributed by atoms with Crippen LogP contribution in [0.1, 0.15) is 16.3 Å². The zero-order chi connectivity index (χ0) is 24.8. The average molecular weight is 517 g/mol. The highest BCUT2D eigenvalue weighted by Crippen LogP contribution is 2.35. The van der Waals surface area contributed by atoms with Crippen molar-refractivity contribution in [3.63, 3.8) is 0 Å². The SMILES string of the molecule is COc1ccc(/C(=C2/C=CC(c3nc4ccccc4s3)=N2)c2ccc(-c3nc4ccccc4s3)[nH]2)cc1. The van der Waals surface area contributed by atoms with E-state index in [1.165, 1.54) is 4.70 Å². The maximum atomic E-state index is 5.40. The van der Waals surface area contributed by atoms with Crippen LogP contribution in [0.2, 0.25) is 0 Å². The lowest BCUT2D eigenvalue weighted by Crippen LogP contribution is -1.94. The Morgan fingerprint density at radius 3 is 2.11 bits per heavy atom. The van der Waals surface area contributed by atoms with E-state index in [1.807, 2.05) is 54.6 Å². The van der Waals surface area contributed by atoms with E-state index in [4.69, 9.17) is 19.7 Å². The second-order valence-electron chi connectivity index (χ2n) is 8.58. The van der Waals surface area contributed by atoms with Crippen LogP contribution in [-0.4, -0.2) is 27.8 Å². The molecule has 6 aromatic rings. The second kappa shape index (κ2) is 8.96. The number of para-hydroxylation sites is 2. The van der Waals surface area contributed by atoms with Gasteiger partial charge in [0.05, 0.1) is 44.6 Å². The van der Waals surface area contributed by atoms with Crippen molar-refractivity contribution in [3.8, 4) is 16.5 Å². The van der Waals surface area contributed by atoms with Gasteiger partial charge in [0.2, 0.25) is 0 Å². The Morgan fingerprint density at radius 1 is 0.730 bits per heavy atom. The topological polar surface area (TPSA) is 63.2 Å². The summed E-state index contributed by atoms with van der Waals surface area (Å²) in [6, 6.07) is 28.7. The Bertz CT molecular complexity index is 1800. The number of H-pyrrole nitrogens is 1. The third-order valence-electron chi connectivity index (χ3n) is 6.27. The Balaban J connectivity index is 1.34. The zero-order valence-electron chi connectivity index (χ0n) is 19.8. The van der Waals surface area contributed by atoms with Crippen LogP contribution >= 0.6 is 22.7 Å². The van der Waals surface area contributed by atoms with E-state index in [2.05, 4.69) is 47.5 Å². The molecule has 7 rings (SSSR count).